The molecule has 0 radical (unpaired) electrons. The standard InChI is InChI=1S/C17H18BrNO/c1-20-17-8-7-15(18)10-16(17)19-11-12-3-2-4-14(9-12)13-5-6-13/h2-4,7-10,13,19H,5-6,11H2,1H3. The molecule has 0 atom stereocenters. The molecule has 3 rings (SSSR count). The van der Waals surface area contributed by atoms with Crippen molar-refractivity contribution < 1.29 is 4.74 Å². The molecule has 1 aliphatic carbocycles. The van der Waals surface area contributed by atoms with Gasteiger partial charge in [0.2, 0.25) is 0 Å². The van der Waals surface area contributed by atoms with Gasteiger partial charge >= 0.3 is 0 Å². The van der Waals surface area contributed by atoms with Crippen LogP contribution in [0, 0.1) is 0 Å². The summed E-state index contributed by atoms with van der Waals surface area (Å²) in [5.41, 5.74) is 3.81. The summed E-state index contributed by atoms with van der Waals surface area (Å²) in [6.07, 6.45) is 2.69. The highest BCUT2D eigenvalue weighted by Gasteiger charge is 2.23. The van der Waals surface area contributed by atoms with Gasteiger partial charge in [-0.1, -0.05) is 40.2 Å². The number of rotatable bonds is 5. The SMILES string of the molecule is COc1ccc(Br)cc1NCc1cccc(C2CC2)c1. The molecule has 0 bridgehead atoms. The highest BCUT2D eigenvalue weighted by molar-refractivity contribution is 9.10. The molecule has 0 amide bonds. The first-order valence-electron chi connectivity index (χ1n) is 6.92. The van der Waals surface area contributed by atoms with Crippen LogP contribution >= 0.6 is 15.9 Å². The maximum absolute atomic E-state index is 5.38. The van der Waals surface area contributed by atoms with Crippen LogP contribution in [0.5, 0.6) is 5.75 Å². The van der Waals surface area contributed by atoms with Crippen molar-refractivity contribution in [2.75, 3.05) is 12.4 Å². The zero-order valence-electron chi connectivity index (χ0n) is 11.5. The van der Waals surface area contributed by atoms with Crippen molar-refractivity contribution in [3.8, 4) is 5.75 Å². The summed E-state index contributed by atoms with van der Waals surface area (Å²) < 4.78 is 6.43. The molecule has 2 nitrogen and oxygen atoms in total. The second-order valence-electron chi connectivity index (χ2n) is 5.22. The Morgan fingerprint density at radius 3 is 2.80 bits per heavy atom. The smallest absolute Gasteiger partial charge is 0.142 e. The molecule has 1 aliphatic rings. The minimum atomic E-state index is 0.801. The lowest BCUT2D eigenvalue weighted by Gasteiger charge is -2.12. The van der Waals surface area contributed by atoms with Gasteiger partial charge in [-0.25, -0.2) is 0 Å². The predicted octanol–water partition coefficient (Wildman–Crippen LogP) is 4.95. The summed E-state index contributed by atoms with van der Waals surface area (Å²) in [6.45, 7) is 0.813. The van der Waals surface area contributed by atoms with E-state index in [1.807, 2.05) is 18.2 Å². The number of anilines is 1. The van der Waals surface area contributed by atoms with E-state index < -0.39 is 0 Å². The van der Waals surface area contributed by atoms with E-state index in [2.05, 4.69) is 45.5 Å². The van der Waals surface area contributed by atoms with Gasteiger partial charge in [0.15, 0.2) is 0 Å². The van der Waals surface area contributed by atoms with Crippen LogP contribution in [0.4, 0.5) is 5.69 Å². The third-order valence-electron chi connectivity index (χ3n) is 3.64. The van der Waals surface area contributed by atoms with Gasteiger partial charge in [0.05, 0.1) is 12.8 Å². The van der Waals surface area contributed by atoms with Crippen molar-refractivity contribution in [1.82, 2.24) is 0 Å². The van der Waals surface area contributed by atoms with E-state index in [-0.39, 0.29) is 0 Å². The minimum absolute atomic E-state index is 0.801. The van der Waals surface area contributed by atoms with E-state index in [0.717, 1.165) is 28.4 Å². The van der Waals surface area contributed by atoms with E-state index in [1.165, 1.54) is 24.0 Å². The molecular weight excluding hydrogens is 314 g/mol. The van der Waals surface area contributed by atoms with E-state index in [9.17, 15) is 0 Å². The van der Waals surface area contributed by atoms with Gasteiger partial charge in [0.1, 0.15) is 5.75 Å². The first-order chi connectivity index (χ1) is 9.76. The van der Waals surface area contributed by atoms with Crippen LogP contribution < -0.4 is 10.1 Å². The largest absolute Gasteiger partial charge is 0.495 e. The molecule has 1 N–H and O–H groups in total. The van der Waals surface area contributed by atoms with E-state index in [1.54, 1.807) is 7.11 Å². The van der Waals surface area contributed by atoms with Gasteiger partial charge in [-0.05, 0) is 48.1 Å². The van der Waals surface area contributed by atoms with Gasteiger partial charge < -0.3 is 10.1 Å². The van der Waals surface area contributed by atoms with Crippen LogP contribution in [0.1, 0.15) is 29.9 Å². The maximum atomic E-state index is 5.38. The van der Waals surface area contributed by atoms with Gasteiger partial charge in [-0.15, -0.1) is 0 Å². The fraction of sp³-hybridized carbons (Fsp3) is 0.294. The Kier molecular flexibility index (Phi) is 3.97. The highest BCUT2D eigenvalue weighted by Crippen LogP contribution is 2.40. The van der Waals surface area contributed by atoms with Crippen molar-refractivity contribution in [2.24, 2.45) is 0 Å². The van der Waals surface area contributed by atoms with Crippen molar-refractivity contribution in [3.63, 3.8) is 0 Å². The van der Waals surface area contributed by atoms with E-state index >= 15 is 0 Å². The third-order valence-corrected chi connectivity index (χ3v) is 4.14. The fourth-order valence-corrected chi connectivity index (χ4v) is 2.75. The monoisotopic (exact) mass is 331 g/mol. The normalized spacial score (nSPS) is 14.1. The maximum Gasteiger partial charge on any atom is 0.142 e. The molecule has 0 aromatic heterocycles. The number of methoxy groups -OCH3 is 1. The van der Waals surface area contributed by atoms with Crippen molar-refractivity contribution >= 4 is 21.6 Å². The zero-order chi connectivity index (χ0) is 13.9. The van der Waals surface area contributed by atoms with Gasteiger partial charge in [0.25, 0.3) is 0 Å². The lowest BCUT2D eigenvalue weighted by molar-refractivity contribution is 0.416. The van der Waals surface area contributed by atoms with E-state index in [4.69, 9.17) is 4.74 Å². The Bertz CT molecular complexity index is 608. The molecule has 3 heteroatoms. The number of hydrogen-bond donors (Lipinski definition) is 1. The van der Waals surface area contributed by atoms with Crippen LogP contribution in [0.25, 0.3) is 0 Å². The van der Waals surface area contributed by atoms with E-state index in [0.29, 0.717) is 0 Å². The molecule has 0 spiro atoms. The van der Waals surface area contributed by atoms with Crippen LogP contribution in [-0.4, -0.2) is 7.11 Å². The molecule has 1 fully saturated rings. The van der Waals surface area contributed by atoms with Crippen molar-refractivity contribution in [2.45, 2.75) is 25.3 Å². The molecule has 0 unspecified atom stereocenters. The Hall–Kier alpha value is -1.48. The van der Waals surface area contributed by atoms with Crippen LogP contribution in [-0.2, 0) is 6.54 Å². The molecule has 1 saturated carbocycles. The molecule has 2 aromatic carbocycles. The highest BCUT2D eigenvalue weighted by atomic mass is 79.9. The molecular formula is C17H18BrNO. The quantitative estimate of drug-likeness (QED) is 0.837. The van der Waals surface area contributed by atoms with Gasteiger partial charge in [-0.3, -0.25) is 0 Å². The Morgan fingerprint density at radius 2 is 2.05 bits per heavy atom. The number of halogens is 1. The lowest BCUT2D eigenvalue weighted by atomic mass is 10.1. The molecule has 0 saturated heterocycles. The van der Waals surface area contributed by atoms with Crippen molar-refractivity contribution in [3.05, 3.63) is 58.1 Å². The second-order valence-corrected chi connectivity index (χ2v) is 6.13. The molecule has 0 aliphatic heterocycles. The first-order valence-corrected chi connectivity index (χ1v) is 7.72. The number of nitrogens with one attached hydrogen (secondary N) is 1. The molecule has 104 valence electrons. The lowest BCUT2D eigenvalue weighted by Crippen LogP contribution is -2.01. The first kappa shape index (κ1) is 13.5. The Morgan fingerprint density at radius 1 is 1.20 bits per heavy atom. The van der Waals surface area contributed by atoms with Crippen molar-refractivity contribution in [1.29, 1.82) is 0 Å². The Labute approximate surface area is 128 Å². The van der Waals surface area contributed by atoms with Gasteiger partial charge in [-0.2, -0.15) is 0 Å². The number of benzene rings is 2. The Balaban J connectivity index is 1.72. The van der Waals surface area contributed by atoms with Gasteiger partial charge in [0, 0.05) is 11.0 Å². The fourth-order valence-electron chi connectivity index (χ4n) is 2.39. The van der Waals surface area contributed by atoms with Crippen LogP contribution in [0.2, 0.25) is 0 Å². The third kappa shape index (κ3) is 3.15. The molecule has 2 aromatic rings. The predicted molar refractivity (Wildman–Crippen MR) is 86.4 cm³/mol. The average Bonchev–Trinajstić information content (AvgIpc) is 3.30. The number of ether oxygens (including phenoxy) is 1. The number of hydrogen-bond acceptors (Lipinski definition) is 2. The summed E-state index contributed by atoms with van der Waals surface area (Å²) in [5, 5.41) is 3.45. The zero-order valence-corrected chi connectivity index (χ0v) is 13.1. The molecule has 20 heavy (non-hydrogen) atoms. The summed E-state index contributed by atoms with van der Waals surface area (Å²) in [4.78, 5) is 0. The van der Waals surface area contributed by atoms with Crippen LogP contribution in [0.15, 0.2) is 46.9 Å². The topological polar surface area (TPSA) is 21.3 Å². The van der Waals surface area contributed by atoms with Crippen LogP contribution in [0.3, 0.4) is 0 Å². The summed E-state index contributed by atoms with van der Waals surface area (Å²) in [6, 6.07) is 14.9. The minimum Gasteiger partial charge on any atom is -0.495 e. The summed E-state index contributed by atoms with van der Waals surface area (Å²) >= 11 is 3.50. The summed E-state index contributed by atoms with van der Waals surface area (Å²) in [5.74, 6) is 1.67. The summed E-state index contributed by atoms with van der Waals surface area (Å²) in [7, 11) is 1.70. The molecule has 0 heterocycles. The second kappa shape index (κ2) is 5.88. The average molecular weight is 332 g/mol.